The lowest BCUT2D eigenvalue weighted by Crippen LogP contribution is -1.86. The van der Waals surface area contributed by atoms with Gasteiger partial charge in [-0.25, -0.2) is 9.78 Å². The molecular weight excluding hydrogens is 169 g/mol. The Morgan fingerprint density at radius 2 is 2.36 bits per heavy atom. The second kappa shape index (κ2) is 3.28. The van der Waals surface area contributed by atoms with Crippen molar-refractivity contribution in [1.29, 1.82) is 0 Å². The van der Waals surface area contributed by atoms with Crippen molar-refractivity contribution in [2.45, 2.75) is 0 Å². The predicted molar refractivity (Wildman–Crippen MR) is 39.4 cm³/mol. The van der Waals surface area contributed by atoms with E-state index in [0.717, 1.165) is 12.1 Å². The van der Waals surface area contributed by atoms with Gasteiger partial charge in [-0.2, -0.15) is 4.39 Å². The number of pyridine rings is 1. The second-order valence-electron chi connectivity index (χ2n) is 1.76. The van der Waals surface area contributed by atoms with Gasteiger partial charge in [0.15, 0.2) is 0 Å². The van der Waals surface area contributed by atoms with Crippen molar-refractivity contribution in [2.75, 3.05) is 0 Å². The van der Waals surface area contributed by atoms with Crippen LogP contribution in [0.2, 0.25) is 5.02 Å². The summed E-state index contributed by atoms with van der Waals surface area (Å²) in [5.74, 6) is 0.793. The maximum atomic E-state index is 12.4. The summed E-state index contributed by atoms with van der Waals surface area (Å²) in [6.07, 6.45) is 0.978. The Bertz CT molecular complexity index is 320. The maximum absolute atomic E-state index is 12.4. The Balaban J connectivity index is 3.22. The van der Waals surface area contributed by atoms with Gasteiger partial charge in [-0.05, 0) is 12.1 Å². The second-order valence-corrected chi connectivity index (χ2v) is 2.17. The fourth-order valence-corrected chi connectivity index (χ4v) is 0.750. The van der Waals surface area contributed by atoms with Gasteiger partial charge in [0, 0.05) is 6.08 Å². The van der Waals surface area contributed by atoms with Crippen molar-refractivity contribution in [1.82, 2.24) is 4.98 Å². The van der Waals surface area contributed by atoms with Gasteiger partial charge in [0.25, 0.3) is 0 Å². The molecule has 0 spiro atoms. The number of rotatable bonds is 1. The van der Waals surface area contributed by atoms with Crippen molar-refractivity contribution in [2.24, 2.45) is 0 Å². The summed E-state index contributed by atoms with van der Waals surface area (Å²) in [6, 6.07) is 2.44. The van der Waals surface area contributed by atoms with Gasteiger partial charge in [-0.3, -0.25) is 0 Å². The number of hydrogen-bond acceptors (Lipinski definition) is 2. The first-order valence-electron chi connectivity index (χ1n) is 2.77. The molecule has 0 aliphatic heterocycles. The number of carbonyl (C=O) groups excluding carboxylic acids is 1. The molecule has 0 aliphatic carbocycles. The molecule has 0 fully saturated rings. The van der Waals surface area contributed by atoms with Crippen LogP contribution in [-0.4, -0.2) is 10.9 Å². The average Bonchev–Trinajstić information content (AvgIpc) is 1.98. The van der Waals surface area contributed by atoms with Crippen LogP contribution in [0, 0.1) is 5.95 Å². The van der Waals surface area contributed by atoms with Gasteiger partial charge >= 0.3 is 0 Å². The maximum Gasteiger partial charge on any atom is 0.213 e. The number of hydrogen-bond donors (Lipinski definition) is 0. The molecular formula is C7H3ClFNO. The van der Waals surface area contributed by atoms with Crippen molar-refractivity contribution < 1.29 is 9.18 Å². The van der Waals surface area contributed by atoms with Gasteiger partial charge in [0.2, 0.25) is 5.95 Å². The van der Waals surface area contributed by atoms with Crippen molar-refractivity contribution in [3.8, 4) is 0 Å². The van der Waals surface area contributed by atoms with Crippen LogP contribution in [0.4, 0.5) is 4.39 Å². The minimum atomic E-state index is -0.670. The molecule has 4 heteroatoms. The molecule has 0 saturated heterocycles. The third-order valence-electron chi connectivity index (χ3n) is 1.03. The lowest BCUT2D eigenvalue weighted by molar-refractivity contribution is 0.569. The van der Waals surface area contributed by atoms with E-state index < -0.39 is 5.95 Å². The van der Waals surface area contributed by atoms with E-state index in [1.165, 1.54) is 12.0 Å². The Kier molecular flexibility index (Phi) is 2.36. The Morgan fingerprint density at radius 3 is 3.00 bits per heavy atom. The SMILES string of the molecule is O=C=Cc1nc(F)ccc1Cl. The average molecular weight is 172 g/mol. The summed E-state index contributed by atoms with van der Waals surface area (Å²) in [6.45, 7) is 0. The summed E-state index contributed by atoms with van der Waals surface area (Å²) in [7, 11) is 0. The molecule has 0 saturated carbocycles. The van der Waals surface area contributed by atoms with Crippen LogP contribution in [0.5, 0.6) is 0 Å². The molecule has 1 heterocycles. The predicted octanol–water partition coefficient (Wildman–Crippen LogP) is 1.72. The fraction of sp³-hybridized carbons (Fsp3) is 0. The van der Waals surface area contributed by atoms with E-state index in [1.807, 2.05) is 0 Å². The molecule has 0 radical (unpaired) electrons. The van der Waals surface area contributed by atoms with Crippen LogP contribution in [-0.2, 0) is 4.79 Å². The van der Waals surface area contributed by atoms with Crippen molar-refractivity contribution >= 4 is 23.6 Å². The third-order valence-corrected chi connectivity index (χ3v) is 1.35. The topological polar surface area (TPSA) is 30.0 Å². The minimum Gasteiger partial charge on any atom is -0.233 e. The summed E-state index contributed by atoms with van der Waals surface area (Å²) >= 11 is 5.54. The highest BCUT2D eigenvalue weighted by atomic mass is 35.5. The van der Waals surface area contributed by atoms with E-state index >= 15 is 0 Å². The molecule has 1 aromatic heterocycles. The van der Waals surface area contributed by atoms with E-state index in [4.69, 9.17) is 11.6 Å². The van der Waals surface area contributed by atoms with Crippen LogP contribution >= 0.6 is 11.6 Å². The number of halogens is 2. The Hall–Kier alpha value is -1.18. The highest BCUT2D eigenvalue weighted by Gasteiger charge is 1.99. The first-order valence-corrected chi connectivity index (χ1v) is 3.15. The molecule has 11 heavy (non-hydrogen) atoms. The summed E-state index contributed by atoms with van der Waals surface area (Å²) < 4.78 is 12.4. The summed E-state index contributed by atoms with van der Waals surface area (Å²) in [5, 5.41) is 0.231. The Labute approximate surface area is 67.3 Å². The molecule has 0 bridgehead atoms. The first kappa shape index (κ1) is 7.92. The monoisotopic (exact) mass is 171 g/mol. The van der Waals surface area contributed by atoms with Gasteiger partial charge in [0.1, 0.15) is 5.94 Å². The zero-order valence-corrected chi connectivity index (χ0v) is 6.10. The highest BCUT2D eigenvalue weighted by Crippen LogP contribution is 2.13. The van der Waals surface area contributed by atoms with Gasteiger partial charge in [-0.1, -0.05) is 11.6 Å². The molecule has 0 N–H and O–H groups in total. The van der Waals surface area contributed by atoms with Crippen molar-refractivity contribution in [3.05, 3.63) is 28.8 Å². The molecule has 0 atom stereocenters. The largest absolute Gasteiger partial charge is 0.233 e. The molecule has 2 nitrogen and oxygen atoms in total. The van der Waals surface area contributed by atoms with Crippen LogP contribution in [0.15, 0.2) is 12.1 Å². The molecule has 1 aromatic rings. The molecule has 56 valence electrons. The van der Waals surface area contributed by atoms with E-state index in [0.29, 0.717) is 0 Å². The zero-order chi connectivity index (χ0) is 8.27. The normalized spacial score (nSPS) is 8.91. The smallest absolute Gasteiger partial charge is 0.213 e. The van der Waals surface area contributed by atoms with Gasteiger partial charge in [-0.15, -0.1) is 0 Å². The molecule has 1 rings (SSSR count). The lowest BCUT2D eigenvalue weighted by Gasteiger charge is -1.93. The van der Waals surface area contributed by atoms with Crippen LogP contribution < -0.4 is 0 Å². The number of nitrogens with zero attached hydrogens (tertiary/aromatic N) is 1. The summed E-state index contributed by atoms with van der Waals surface area (Å²) in [5.41, 5.74) is 0.0988. The standard InChI is InChI=1S/C7H3ClFNO/c8-5-1-2-7(9)10-6(5)3-4-11/h1-3H. The third kappa shape index (κ3) is 1.87. The highest BCUT2D eigenvalue weighted by molar-refractivity contribution is 6.32. The van der Waals surface area contributed by atoms with Gasteiger partial charge in [0.05, 0.1) is 10.7 Å². The zero-order valence-electron chi connectivity index (χ0n) is 5.34. The fourth-order valence-electron chi connectivity index (χ4n) is 0.590. The quantitative estimate of drug-likeness (QED) is 0.476. The van der Waals surface area contributed by atoms with Crippen LogP contribution in [0.1, 0.15) is 5.69 Å². The van der Waals surface area contributed by atoms with Crippen molar-refractivity contribution in [3.63, 3.8) is 0 Å². The van der Waals surface area contributed by atoms with E-state index in [2.05, 4.69) is 4.98 Å². The van der Waals surface area contributed by atoms with Crippen LogP contribution in [0.3, 0.4) is 0 Å². The van der Waals surface area contributed by atoms with Crippen LogP contribution in [0.25, 0.3) is 6.08 Å². The lowest BCUT2D eigenvalue weighted by atomic mass is 10.3. The summed E-state index contributed by atoms with van der Waals surface area (Å²) in [4.78, 5) is 13.2. The molecule has 0 aromatic carbocycles. The van der Waals surface area contributed by atoms with E-state index in [1.54, 1.807) is 0 Å². The first-order chi connectivity index (χ1) is 5.24. The molecule has 0 amide bonds. The van der Waals surface area contributed by atoms with E-state index in [-0.39, 0.29) is 10.7 Å². The minimum absolute atomic E-state index is 0.0988. The van der Waals surface area contributed by atoms with E-state index in [9.17, 15) is 9.18 Å². The molecule has 0 aliphatic rings. The number of aromatic nitrogens is 1. The molecule has 0 unspecified atom stereocenters. The van der Waals surface area contributed by atoms with Gasteiger partial charge < -0.3 is 0 Å². The Morgan fingerprint density at radius 1 is 1.64 bits per heavy atom.